The van der Waals surface area contributed by atoms with Gasteiger partial charge >= 0.3 is 0 Å². The van der Waals surface area contributed by atoms with E-state index in [2.05, 4.69) is 18.7 Å². The molecule has 1 aromatic carbocycles. The number of nitrogens with zero attached hydrogens (tertiary/aromatic N) is 1. The van der Waals surface area contributed by atoms with Crippen LogP contribution in [0.3, 0.4) is 0 Å². The molecule has 106 valence electrons. The minimum Gasteiger partial charge on any atom is -0.496 e. The van der Waals surface area contributed by atoms with Gasteiger partial charge in [0.25, 0.3) is 0 Å². The van der Waals surface area contributed by atoms with E-state index in [4.69, 9.17) is 4.74 Å². The van der Waals surface area contributed by atoms with Crippen LogP contribution in [0.1, 0.15) is 32.3 Å². The molecule has 0 radical (unpaired) electrons. The molecule has 0 saturated carbocycles. The van der Waals surface area contributed by atoms with Gasteiger partial charge < -0.3 is 9.84 Å². The predicted molar refractivity (Wildman–Crippen MR) is 77.6 cm³/mol. The number of hydrogen-bond donors (Lipinski definition) is 1. The molecule has 1 aliphatic heterocycles. The zero-order valence-corrected chi connectivity index (χ0v) is 12.2. The Bertz CT molecular complexity index is 411. The summed E-state index contributed by atoms with van der Waals surface area (Å²) >= 11 is 0. The smallest absolute Gasteiger partial charge is 0.122 e. The highest BCUT2D eigenvalue weighted by Crippen LogP contribution is 2.28. The van der Waals surface area contributed by atoms with Gasteiger partial charge in [0.15, 0.2) is 0 Å². The zero-order chi connectivity index (χ0) is 13.9. The Kier molecular flexibility index (Phi) is 4.48. The molecule has 3 nitrogen and oxygen atoms in total. The Morgan fingerprint density at radius 1 is 1.26 bits per heavy atom. The lowest BCUT2D eigenvalue weighted by molar-refractivity contribution is 0.00310. The third-order valence-corrected chi connectivity index (χ3v) is 4.34. The fraction of sp³-hybridized carbons (Fsp3) is 0.625. The van der Waals surface area contributed by atoms with E-state index in [1.54, 1.807) is 7.11 Å². The summed E-state index contributed by atoms with van der Waals surface area (Å²) in [5.74, 6) is 0.860. The third-order valence-electron chi connectivity index (χ3n) is 4.34. The minimum absolute atomic E-state index is 0.183. The van der Waals surface area contributed by atoms with Crippen molar-refractivity contribution in [3.8, 4) is 5.75 Å². The molecular weight excluding hydrogens is 238 g/mol. The van der Waals surface area contributed by atoms with Crippen LogP contribution in [0.25, 0.3) is 0 Å². The first kappa shape index (κ1) is 14.4. The maximum Gasteiger partial charge on any atom is 0.122 e. The molecule has 0 bridgehead atoms. The number of aliphatic hydroxyl groups excluding tert-OH is 1. The van der Waals surface area contributed by atoms with E-state index < -0.39 is 0 Å². The van der Waals surface area contributed by atoms with Gasteiger partial charge in [-0.3, -0.25) is 4.90 Å². The third kappa shape index (κ3) is 3.10. The van der Waals surface area contributed by atoms with Gasteiger partial charge in [-0.25, -0.2) is 0 Å². The highest BCUT2D eigenvalue weighted by Gasteiger charge is 2.35. The lowest BCUT2D eigenvalue weighted by Gasteiger charge is -2.39. The second-order valence-electron chi connectivity index (χ2n) is 5.88. The van der Waals surface area contributed by atoms with E-state index in [0.717, 1.165) is 24.4 Å². The van der Waals surface area contributed by atoms with Crippen LogP contribution in [0, 0.1) is 0 Å². The molecule has 0 spiro atoms. The molecule has 1 heterocycles. The van der Waals surface area contributed by atoms with Gasteiger partial charge in [-0.1, -0.05) is 18.2 Å². The standard InChI is InChI=1S/C16H25NO2/c1-16(2,17-10-6-7-11-17)15(18)12-13-8-4-5-9-14(13)19-3/h4-5,8-9,15,18H,6-7,10-12H2,1-3H3. The van der Waals surface area contributed by atoms with Crippen LogP contribution in [0.15, 0.2) is 24.3 Å². The average molecular weight is 263 g/mol. The number of likely N-dealkylation sites (tertiary alicyclic amines) is 1. The summed E-state index contributed by atoms with van der Waals surface area (Å²) in [6, 6.07) is 7.93. The molecule has 19 heavy (non-hydrogen) atoms. The number of rotatable bonds is 5. The summed E-state index contributed by atoms with van der Waals surface area (Å²) in [4.78, 5) is 2.40. The lowest BCUT2D eigenvalue weighted by Crippen LogP contribution is -2.51. The van der Waals surface area contributed by atoms with Gasteiger partial charge in [0.1, 0.15) is 5.75 Å². The summed E-state index contributed by atoms with van der Waals surface area (Å²) < 4.78 is 5.36. The zero-order valence-electron chi connectivity index (χ0n) is 12.2. The van der Waals surface area contributed by atoms with Crippen molar-refractivity contribution in [1.82, 2.24) is 4.90 Å². The van der Waals surface area contributed by atoms with Gasteiger partial charge in [0, 0.05) is 12.0 Å². The Morgan fingerprint density at radius 3 is 2.53 bits per heavy atom. The average Bonchev–Trinajstić information content (AvgIpc) is 2.93. The Hall–Kier alpha value is -1.06. The van der Waals surface area contributed by atoms with Crippen molar-refractivity contribution in [2.75, 3.05) is 20.2 Å². The topological polar surface area (TPSA) is 32.7 Å². The molecule has 1 aromatic rings. The number of methoxy groups -OCH3 is 1. The van der Waals surface area contributed by atoms with E-state index in [1.165, 1.54) is 12.8 Å². The molecule has 1 saturated heterocycles. The van der Waals surface area contributed by atoms with Gasteiger partial charge in [-0.05, 0) is 51.4 Å². The molecule has 1 atom stereocenters. The summed E-state index contributed by atoms with van der Waals surface area (Å²) in [7, 11) is 1.68. The second-order valence-corrected chi connectivity index (χ2v) is 5.88. The first-order valence-electron chi connectivity index (χ1n) is 7.10. The highest BCUT2D eigenvalue weighted by atomic mass is 16.5. The first-order chi connectivity index (χ1) is 9.05. The Morgan fingerprint density at radius 2 is 1.89 bits per heavy atom. The fourth-order valence-corrected chi connectivity index (χ4v) is 2.83. The second kappa shape index (κ2) is 5.93. The molecule has 1 unspecified atom stereocenters. The predicted octanol–water partition coefficient (Wildman–Crippen LogP) is 2.47. The maximum absolute atomic E-state index is 10.6. The van der Waals surface area contributed by atoms with Crippen molar-refractivity contribution in [3.05, 3.63) is 29.8 Å². The van der Waals surface area contributed by atoms with E-state index in [0.29, 0.717) is 6.42 Å². The normalized spacial score (nSPS) is 18.5. The molecule has 3 heteroatoms. The van der Waals surface area contributed by atoms with Crippen molar-refractivity contribution in [3.63, 3.8) is 0 Å². The fourth-order valence-electron chi connectivity index (χ4n) is 2.83. The van der Waals surface area contributed by atoms with Crippen LogP contribution < -0.4 is 4.74 Å². The largest absolute Gasteiger partial charge is 0.496 e. The highest BCUT2D eigenvalue weighted by molar-refractivity contribution is 5.34. The van der Waals surface area contributed by atoms with Crippen molar-refractivity contribution in [1.29, 1.82) is 0 Å². The molecular formula is C16H25NO2. The lowest BCUT2D eigenvalue weighted by atomic mass is 9.90. The summed E-state index contributed by atoms with van der Waals surface area (Å²) in [6.45, 7) is 6.46. The number of para-hydroxylation sites is 1. The Balaban J connectivity index is 2.09. The molecule has 0 aromatic heterocycles. The summed E-state index contributed by atoms with van der Waals surface area (Å²) in [6.07, 6.45) is 2.73. The first-order valence-corrected chi connectivity index (χ1v) is 7.10. The maximum atomic E-state index is 10.6. The van der Waals surface area contributed by atoms with Crippen molar-refractivity contribution in [2.24, 2.45) is 0 Å². The molecule has 1 fully saturated rings. The van der Waals surface area contributed by atoms with Gasteiger partial charge in [0.05, 0.1) is 13.2 Å². The molecule has 0 amide bonds. The quantitative estimate of drug-likeness (QED) is 0.886. The number of aliphatic hydroxyl groups is 1. The van der Waals surface area contributed by atoms with Gasteiger partial charge in [0.2, 0.25) is 0 Å². The number of hydrogen-bond acceptors (Lipinski definition) is 3. The van der Waals surface area contributed by atoms with Gasteiger partial charge in [-0.2, -0.15) is 0 Å². The van der Waals surface area contributed by atoms with Gasteiger partial charge in [-0.15, -0.1) is 0 Å². The van der Waals surface area contributed by atoms with Crippen LogP contribution in [0.4, 0.5) is 0 Å². The summed E-state index contributed by atoms with van der Waals surface area (Å²) in [5, 5.41) is 10.6. The monoisotopic (exact) mass is 263 g/mol. The minimum atomic E-state index is -0.387. The van der Waals surface area contributed by atoms with E-state index in [1.807, 2.05) is 24.3 Å². The number of ether oxygens (including phenoxy) is 1. The van der Waals surface area contributed by atoms with E-state index >= 15 is 0 Å². The van der Waals surface area contributed by atoms with E-state index in [-0.39, 0.29) is 11.6 Å². The summed E-state index contributed by atoms with van der Waals surface area (Å²) in [5.41, 5.74) is 0.891. The molecule has 1 aliphatic rings. The molecule has 2 rings (SSSR count). The number of benzene rings is 1. The van der Waals surface area contributed by atoms with Crippen LogP contribution >= 0.6 is 0 Å². The van der Waals surface area contributed by atoms with Crippen LogP contribution in [0.2, 0.25) is 0 Å². The van der Waals surface area contributed by atoms with Crippen molar-refractivity contribution < 1.29 is 9.84 Å². The van der Waals surface area contributed by atoms with Crippen molar-refractivity contribution >= 4 is 0 Å². The molecule has 1 N–H and O–H groups in total. The molecule has 0 aliphatic carbocycles. The van der Waals surface area contributed by atoms with Crippen LogP contribution in [0.5, 0.6) is 5.75 Å². The van der Waals surface area contributed by atoms with E-state index in [9.17, 15) is 5.11 Å². The van der Waals surface area contributed by atoms with Crippen LogP contribution in [-0.2, 0) is 6.42 Å². The SMILES string of the molecule is COc1ccccc1CC(O)C(C)(C)N1CCCC1. The van der Waals surface area contributed by atoms with Crippen molar-refractivity contribution in [2.45, 2.75) is 44.8 Å². The van der Waals surface area contributed by atoms with Crippen LogP contribution in [-0.4, -0.2) is 41.8 Å². The Labute approximate surface area is 116 Å².